The Morgan fingerprint density at radius 2 is 1.58 bits per heavy atom. The molecule has 0 heterocycles. The summed E-state index contributed by atoms with van der Waals surface area (Å²) in [4.78, 5) is 12.2. The van der Waals surface area contributed by atoms with E-state index in [-0.39, 0.29) is 6.61 Å². The van der Waals surface area contributed by atoms with Crippen LogP contribution in [-0.2, 0) is 16.1 Å². The zero-order valence-corrected chi connectivity index (χ0v) is 15.8. The highest BCUT2D eigenvalue weighted by molar-refractivity contribution is 6.30. The molecule has 0 saturated heterocycles. The van der Waals surface area contributed by atoms with E-state index >= 15 is 0 Å². The zero-order valence-electron chi connectivity index (χ0n) is 15.1. The van der Waals surface area contributed by atoms with Crippen LogP contribution in [0.1, 0.15) is 12.5 Å². The molecule has 0 radical (unpaired) electrons. The van der Waals surface area contributed by atoms with E-state index in [1.807, 2.05) is 0 Å². The summed E-state index contributed by atoms with van der Waals surface area (Å²) in [5.41, 5.74) is 0.701. The predicted octanol–water partition coefficient (Wildman–Crippen LogP) is 3.88. The van der Waals surface area contributed by atoms with Gasteiger partial charge in [0.2, 0.25) is 5.75 Å². The molecule has 2 rings (SSSR count). The Kier molecular flexibility index (Phi) is 6.97. The van der Waals surface area contributed by atoms with Crippen LogP contribution in [-0.4, -0.2) is 33.4 Å². The van der Waals surface area contributed by atoms with Gasteiger partial charge in [-0.1, -0.05) is 11.6 Å². The fraction of sp³-hybridized carbons (Fsp3) is 0.316. The van der Waals surface area contributed by atoms with Crippen molar-refractivity contribution in [1.29, 1.82) is 0 Å². The van der Waals surface area contributed by atoms with Crippen LogP contribution in [0.15, 0.2) is 36.4 Å². The van der Waals surface area contributed by atoms with Gasteiger partial charge in [-0.15, -0.1) is 0 Å². The number of ether oxygens (including phenoxy) is 5. The predicted molar refractivity (Wildman–Crippen MR) is 97.4 cm³/mol. The van der Waals surface area contributed by atoms with Crippen LogP contribution in [0.25, 0.3) is 0 Å². The first-order valence-electron chi connectivity index (χ1n) is 7.86. The lowest BCUT2D eigenvalue weighted by Gasteiger charge is -2.16. The van der Waals surface area contributed by atoms with E-state index in [9.17, 15) is 4.79 Å². The number of rotatable bonds is 8. The van der Waals surface area contributed by atoms with Crippen molar-refractivity contribution in [2.45, 2.75) is 19.6 Å². The van der Waals surface area contributed by atoms with Crippen molar-refractivity contribution in [2.75, 3.05) is 21.3 Å². The number of hydrogen-bond donors (Lipinski definition) is 0. The minimum Gasteiger partial charge on any atom is -0.493 e. The topological polar surface area (TPSA) is 63.2 Å². The Balaban J connectivity index is 2.00. The van der Waals surface area contributed by atoms with Crippen LogP contribution < -0.4 is 18.9 Å². The van der Waals surface area contributed by atoms with Crippen molar-refractivity contribution in [3.8, 4) is 23.0 Å². The van der Waals surface area contributed by atoms with Gasteiger partial charge in [0.05, 0.1) is 21.3 Å². The largest absolute Gasteiger partial charge is 0.493 e. The molecule has 1 atom stereocenters. The van der Waals surface area contributed by atoms with Crippen molar-refractivity contribution in [3.05, 3.63) is 47.0 Å². The Morgan fingerprint density at radius 3 is 2.08 bits per heavy atom. The molecule has 0 N–H and O–H groups in total. The highest BCUT2D eigenvalue weighted by atomic mass is 35.5. The first-order valence-corrected chi connectivity index (χ1v) is 8.24. The molecular formula is C19H21ClO6. The number of carbonyl (C=O) groups is 1. The Hall–Kier alpha value is -2.60. The second-order valence-electron chi connectivity index (χ2n) is 5.36. The number of benzene rings is 2. The highest BCUT2D eigenvalue weighted by Gasteiger charge is 2.18. The molecule has 140 valence electrons. The summed E-state index contributed by atoms with van der Waals surface area (Å²) in [7, 11) is 4.57. The standard InChI is InChI=1S/C19H21ClO6/c1-12(26-15-7-5-14(20)6-8-15)19(21)25-11-13-9-16(22-2)18(24-4)17(10-13)23-3/h5-10,12H,11H2,1-4H3/t12-/m0/s1. The molecule has 0 aliphatic rings. The molecule has 0 fully saturated rings. The third kappa shape index (κ3) is 4.95. The maximum absolute atomic E-state index is 12.2. The molecule has 2 aromatic carbocycles. The van der Waals surface area contributed by atoms with Gasteiger partial charge in [0.15, 0.2) is 17.6 Å². The fourth-order valence-electron chi connectivity index (χ4n) is 2.26. The molecule has 6 nitrogen and oxygen atoms in total. The van der Waals surface area contributed by atoms with Gasteiger partial charge in [-0.05, 0) is 48.9 Å². The number of hydrogen-bond acceptors (Lipinski definition) is 6. The third-order valence-corrected chi connectivity index (χ3v) is 3.82. The van der Waals surface area contributed by atoms with Gasteiger partial charge in [-0.3, -0.25) is 0 Å². The maximum Gasteiger partial charge on any atom is 0.347 e. The number of methoxy groups -OCH3 is 3. The molecule has 7 heteroatoms. The van der Waals surface area contributed by atoms with Gasteiger partial charge in [-0.25, -0.2) is 4.79 Å². The summed E-state index contributed by atoms with van der Waals surface area (Å²) < 4.78 is 26.7. The normalized spacial score (nSPS) is 11.4. The van der Waals surface area contributed by atoms with Gasteiger partial charge in [-0.2, -0.15) is 0 Å². The fourth-order valence-corrected chi connectivity index (χ4v) is 2.38. The number of halogens is 1. The molecule has 0 aliphatic heterocycles. The monoisotopic (exact) mass is 380 g/mol. The van der Waals surface area contributed by atoms with E-state index in [1.165, 1.54) is 21.3 Å². The molecule has 0 unspecified atom stereocenters. The van der Waals surface area contributed by atoms with E-state index in [0.29, 0.717) is 33.6 Å². The third-order valence-electron chi connectivity index (χ3n) is 3.56. The van der Waals surface area contributed by atoms with Crippen LogP contribution in [0, 0.1) is 0 Å². The zero-order chi connectivity index (χ0) is 19.1. The van der Waals surface area contributed by atoms with Crippen molar-refractivity contribution >= 4 is 17.6 Å². The first kappa shape index (κ1) is 19.7. The van der Waals surface area contributed by atoms with E-state index in [1.54, 1.807) is 43.3 Å². The van der Waals surface area contributed by atoms with Crippen LogP contribution in [0.4, 0.5) is 0 Å². The average Bonchev–Trinajstić information content (AvgIpc) is 2.66. The van der Waals surface area contributed by atoms with Crippen molar-refractivity contribution in [2.24, 2.45) is 0 Å². The molecule has 2 aromatic rings. The number of carbonyl (C=O) groups excluding carboxylic acids is 1. The van der Waals surface area contributed by atoms with Gasteiger partial charge in [0.25, 0.3) is 0 Å². The van der Waals surface area contributed by atoms with Crippen LogP contribution in [0.5, 0.6) is 23.0 Å². The quantitative estimate of drug-likeness (QED) is 0.648. The van der Waals surface area contributed by atoms with E-state index in [2.05, 4.69) is 0 Å². The molecular weight excluding hydrogens is 360 g/mol. The average molecular weight is 381 g/mol. The molecule has 0 spiro atoms. The number of esters is 1. The summed E-state index contributed by atoms with van der Waals surface area (Å²) in [6.07, 6.45) is -0.766. The van der Waals surface area contributed by atoms with E-state index < -0.39 is 12.1 Å². The summed E-state index contributed by atoms with van der Waals surface area (Å²) in [5, 5.41) is 0.593. The minimum absolute atomic E-state index is 0.0455. The Bertz CT molecular complexity index is 719. The summed E-state index contributed by atoms with van der Waals surface area (Å²) in [6.45, 7) is 1.66. The Labute approximate surface area is 157 Å². The minimum atomic E-state index is -0.766. The molecule has 0 aromatic heterocycles. The lowest BCUT2D eigenvalue weighted by molar-refractivity contribution is -0.152. The molecule has 0 aliphatic carbocycles. The second kappa shape index (κ2) is 9.20. The summed E-state index contributed by atoms with van der Waals surface area (Å²) in [6, 6.07) is 10.2. The lowest BCUT2D eigenvalue weighted by atomic mass is 10.2. The van der Waals surface area contributed by atoms with Crippen LogP contribution in [0.2, 0.25) is 5.02 Å². The summed E-state index contributed by atoms with van der Waals surface area (Å²) >= 11 is 5.82. The van der Waals surface area contributed by atoms with Crippen molar-refractivity contribution < 1.29 is 28.5 Å². The molecule has 0 amide bonds. The summed E-state index contributed by atoms with van der Waals surface area (Å²) in [5.74, 6) is 1.50. The van der Waals surface area contributed by atoms with Crippen LogP contribution >= 0.6 is 11.6 Å². The van der Waals surface area contributed by atoms with Gasteiger partial charge in [0.1, 0.15) is 12.4 Å². The van der Waals surface area contributed by atoms with E-state index in [4.69, 9.17) is 35.3 Å². The smallest absolute Gasteiger partial charge is 0.347 e. The van der Waals surface area contributed by atoms with Crippen LogP contribution in [0.3, 0.4) is 0 Å². The van der Waals surface area contributed by atoms with Gasteiger partial charge in [0, 0.05) is 5.02 Å². The van der Waals surface area contributed by atoms with Crippen molar-refractivity contribution in [1.82, 2.24) is 0 Å². The highest BCUT2D eigenvalue weighted by Crippen LogP contribution is 2.38. The van der Waals surface area contributed by atoms with Gasteiger partial charge < -0.3 is 23.7 Å². The molecule has 0 saturated carbocycles. The van der Waals surface area contributed by atoms with E-state index in [0.717, 1.165) is 0 Å². The maximum atomic E-state index is 12.2. The molecule has 26 heavy (non-hydrogen) atoms. The lowest BCUT2D eigenvalue weighted by Crippen LogP contribution is -2.26. The SMILES string of the molecule is COc1cc(COC(=O)[C@H](C)Oc2ccc(Cl)cc2)cc(OC)c1OC. The van der Waals surface area contributed by atoms with Gasteiger partial charge >= 0.3 is 5.97 Å². The molecule has 0 bridgehead atoms. The first-order chi connectivity index (χ1) is 12.5. The Morgan fingerprint density at radius 1 is 1.00 bits per heavy atom. The van der Waals surface area contributed by atoms with Crippen molar-refractivity contribution in [3.63, 3.8) is 0 Å². The second-order valence-corrected chi connectivity index (χ2v) is 5.79.